The predicted molar refractivity (Wildman–Crippen MR) is 83.1 cm³/mol. The molecule has 1 amide bonds. The Bertz CT molecular complexity index is 627. The molecule has 0 aromatic heterocycles. The Balaban J connectivity index is 1.91. The fraction of sp³-hybridized carbons (Fsp3) is 0.533. The van der Waals surface area contributed by atoms with Crippen LogP contribution in [0.2, 0.25) is 0 Å². The van der Waals surface area contributed by atoms with Crippen molar-refractivity contribution in [2.24, 2.45) is 0 Å². The molecule has 0 spiro atoms. The van der Waals surface area contributed by atoms with Crippen LogP contribution in [0.1, 0.15) is 12.0 Å². The minimum Gasteiger partial charge on any atom is -0.493 e. The summed E-state index contributed by atoms with van der Waals surface area (Å²) in [5.41, 5.74) is 0.982. The van der Waals surface area contributed by atoms with Gasteiger partial charge in [0.25, 0.3) is 0 Å². The maximum Gasteiger partial charge on any atom is 0.222 e. The number of hydrogen-bond acceptors (Lipinski definition) is 5. The number of carbonyl (C=O) groups is 1. The van der Waals surface area contributed by atoms with Crippen molar-refractivity contribution in [1.82, 2.24) is 4.90 Å². The van der Waals surface area contributed by atoms with Crippen molar-refractivity contribution >= 4 is 15.7 Å². The normalized spacial score (nSPS) is 17.1. The van der Waals surface area contributed by atoms with E-state index in [0.29, 0.717) is 37.4 Å². The van der Waals surface area contributed by atoms with Crippen LogP contribution in [0.4, 0.5) is 0 Å². The second kappa shape index (κ2) is 7.00. The predicted octanol–water partition coefficient (Wildman–Crippen LogP) is 0.893. The van der Waals surface area contributed by atoms with E-state index in [0.717, 1.165) is 5.56 Å². The van der Waals surface area contributed by atoms with Crippen LogP contribution in [0.25, 0.3) is 0 Å². The highest BCUT2D eigenvalue weighted by Crippen LogP contribution is 2.28. The lowest BCUT2D eigenvalue weighted by atomic mass is 10.1. The fourth-order valence-electron chi connectivity index (χ4n) is 2.41. The molecule has 0 N–H and O–H groups in total. The third kappa shape index (κ3) is 4.13. The van der Waals surface area contributed by atoms with E-state index in [2.05, 4.69) is 0 Å². The van der Waals surface area contributed by atoms with Gasteiger partial charge in [0.15, 0.2) is 21.3 Å². The number of aryl methyl sites for hydroxylation is 1. The van der Waals surface area contributed by atoms with Gasteiger partial charge in [-0.05, 0) is 24.1 Å². The molecule has 0 radical (unpaired) electrons. The van der Waals surface area contributed by atoms with Crippen LogP contribution in [0.15, 0.2) is 18.2 Å². The van der Waals surface area contributed by atoms with Crippen LogP contribution in [-0.2, 0) is 21.1 Å². The molecule has 1 aliphatic heterocycles. The van der Waals surface area contributed by atoms with E-state index < -0.39 is 9.84 Å². The molecule has 0 saturated carbocycles. The summed E-state index contributed by atoms with van der Waals surface area (Å²) in [6, 6.07) is 5.56. The van der Waals surface area contributed by atoms with E-state index in [4.69, 9.17) is 9.47 Å². The summed E-state index contributed by atoms with van der Waals surface area (Å²) in [7, 11) is 0.188. The van der Waals surface area contributed by atoms with Crippen LogP contribution >= 0.6 is 0 Å². The van der Waals surface area contributed by atoms with Gasteiger partial charge < -0.3 is 14.4 Å². The Hall–Kier alpha value is -1.76. The van der Waals surface area contributed by atoms with Gasteiger partial charge >= 0.3 is 0 Å². The average molecular weight is 327 g/mol. The molecule has 1 heterocycles. The van der Waals surface area contributed by atoms with Crippen molar-refractivity contribution in [1.29, 1.82) is 0 Å². The molecule has 1 aromatic carbocycles. The van der Waals surface area contributed by atoms with Crippen LogP contribution in [0.5, 0.6) is 11.5 Å². The molecule has 1 aliphatic rings. The van der Waals surface area contributed by atoms with Crippen molar-refractivity contribution in [3.8, 4) is 11.5 Å². The van der Waals surface area contributed by atoms with Crippen molar-refractivity contribution in [3.63, 3.8) is 0 Å². The number of ether oxygens (including phenoxy) is 2. The van der Waals surface area contributed by atoms with Crippen LogP contribution in [0.3, 0.4) is 0 Å². The van der Waals surface area contributed by atoms with Gasteiger partial charge in [-0.2, -0.15) is 0 Å². The zero-order valence-corrected chi connectivity index (χ0v) is 13.7. The first-order chi connectivity index (χ1) is 10.4. The first-order valence-corrected chi connectivity index (χ1v) is 8.96. The lowest BCUT2D eigenvalue weighted by molar-refractivity contribution is -0.130. The van der Waals surface area contributed by atoms with Crippen molar-refractivity contribution in [3.05, 3.63) is 23.8 Å². The number of benzene rings is 1. The van der Waals surface area contributed by atoms with Gasteiger partial charge in [0, 0.05) is 19.5 Å². The molecule has 1 fully saturated rings. The Labute approximate surface area is 130 Å². The van der Waals surface area contributed by atoms with E-state index in [1.165, 1.54) is 0 Å². The zero-order valence-electron chi connectivity index (χ0n) is 12.9. The Kier molecular flexibility index (Phi) is 5.28. The number of rotatable bonds is 5. The van der Waals surface area contributed by atoms with Gasteiger partial charge in [0.05, 0.1) is 25.7 Å². The van der Waals surface area contributed by atoms with Gasteiger partial charge in [-0.3, -0.25) is 4.79 Å². The molecular weight excluding hydrogens is 306 g/mol. The minimum absolute atomic E-state index is 0.00955. The summed E-state index contributed by atoms with van der Waals surface area (Å²) in [6.45, 7) is 0.597. The van der Waals surface area contributed by atoms with E-state index in [1.54, 1.807) is 19.1 Å². The Morgan fingerprint density at radius 1 is 1.14 bits per heavy atom. The van der Waals surface area contributed by atoms with Gasteiger partial charge in [0.1, 0.15) is 0 Å². The highest BCUT2D eigenvalue weighted by molar-refractivity contribution is 7.91. The average Bonchev–Trinajstić information content (AvgIpc) is 2.52. The quantitative estimate of drug-likeness (QED) is 0.803. The zero-order chi connectivity index (χ0) is 16.2. The molecule has 2 rings (SSSR count). The number of nitrogens with zero attached hydrogens (tertiary/aromatic N) is 1. The van der Waals surface area contributed by atoms with Crippen LogP contribution < -0.4 is 9.47 Å². The smallest absolute Gasteiger partial charge is 0.222 e. The molecule has 6 nitrogen and oxygen atoms in total. The number of methoxy groups -OCH3 is 2. The van der Waals surface area contributed by atoms with E-state index in [1.807, 2.05) is 18.2 Å². The lowest BCUT2D eigenvalue weighted by Gasteiger charge is -2.26. The molecular formula is C15H21NO5S. The van der Waals surface area contributed by atoms with Crippen molar-refractivity contribution in [2.75, 3.05) is 38.8 Å². The summed E-state index contributed by atoms with van der Waals surface area (Å²) in [4.78, 5) is 13.8. The monoisotopic (exact) mass is 327 g/mol. The van der Waals surface area contributed by atoms with Crippen molar-refractivity contribution in [2.45, 2.75) is 12.8 Å². The van der Waals surface area contributed by atoms with Crippen LogP contribution in [0, 0.1) is 0 Å². The highest BCUT2D eigenvalue weighted by atomic mass is 32.2. The first kappa shape index (κ1) is 16.6. The number of sulfone groups is 1. The molecule has 122 valence electrons. The van der Waals surface area contributed by atoms with Gasteiger partial charge in [-0.25, -0.2) is 8.42 Å². The molecule has 1 saturated heterocycles. The molecule has 0 aliphatic carbocycles. The largest absolute Gasteiger partial charge is 0.493 e. The number of hydrogen-bond donors (Lipinski definition) is 0. The third-order valence-corrected chi connectivity index (χ3v) is 5.38. The maximum atomic E-state index is 12.1. The molecule has 7 heteroatoms. The van der Waals surface area contributed by atoms with E-state index in [-0.39, 0.29) is 17.4 Å². The van der Waals surface area contributed by atoms with E-state index in [9.17, 15) is 13.2 Å². The lowest BCUT2D eigenvalue weighted by Crippen LogP contribution is -2.43. The molecule has 0 unspecified atom stereocenters. The van der Waals surface area contributed by atoms with Gasteiger partial charge in [-0.1, -0.05) is 6.07 Å². The molecule has 0 atom stereocenters. The van der Waals surface area contributed by atoms with Gasteiger partial charge in [0.2, 0.25) is 5.91 Å². The number of carbonyl (C=O) groups excluding carboxylic acids is 1. The standard InChI is InChI=1S/C15H21NO5S/c1-20-13-5-3-12(11-14(13)21-2)4-6-15(17)16-7-9-22(18,19)10-8-16/h3,5,11H,4,6-10H2,1-2H3. The van der Waals surface area contributed by atoms with E-state index >= 15 is 0 Å². The minimum atomic E-state index is -2.96. The maximum absolute atomic E-state index is 12.1. The first-order valence-electron chi connectivity index (χ1n) is 7.14. The summed E-state index contributed by atoms with van der Waals surface area (Å²) in [5, 5.41) is 0. The molecule has 1 aromatic rings. The SMILES string of the molecule is COc1ccc(CCC(=O)N2CCS(=O)(=O)CC2)cc1OC. The Morgan fingerprint density at radius 2 is 1.77 bits per heavy atom. The van der Waals surface area contributed by atoms with Crippen molar-refractivity contribution < 1.29 is 22.7 Å². The topological polar surface area (TPSA) is 72.9 Å². The second-order valence-electron chi connectivity index (χ2n) is 5.22. The summed E-state index contributed by atoms with van der Waals surface area (Å²) in [6.07, 6.45) is 0.942. The summed E-state index contributed by atoms with van der Waals surface area (Å²) in [5.74, 6) is 1.41. The number of amides is 1. The molecule has 0 bridgehead atoms. The van der Waals surface area contributed by atoms with Crippen LogP contribution in [-0.4, -0.2) is 58.0 Å². The fourth-order valence-corrected chi connectivity index (χ4v) is 3.61. The highest BCUT2D eigenvalue weighted by Gasteiger charge is 2.24. The third-order valence-electron chi connectivity index (χ3n) is 3.77. The summed E-state index contributed by atoms with van der Waals surface area (Å²) < 4.78 is 33.1. The second-order valence-corrected chi connectivity index (χ2v) is 7.53. The Morgan fingerprint density at radius 3 is 2.36 bits per heavy atom. The van der Waals surface area contributed by atoms with Gasteiger partial charge in [-0.15, -0.1) is 0 Å². The summed E-state index contributed by atoms with van der Waals surface area (Å²) >= 11 is 0. The molecule has 22 heavy (non-hydrogen) atoms.